The zero-order chi connectivity index (χ0) is 8.48. The van der Waals surface area contributed by atoms with Crippen LogP contribution in [0, 0.1) is 0 Å². The number of hydrogen-bond acceptors (Lipinski definition) is 6. The Balaban J connectivity index is 3.09. The molecule has 0 saturated carbocycles. The molecule has 8 heteroatoms. The third-order valence-corrected chi connectivity index (χ3v) is 3.62. The molecule has 0 atom stereocenters. The van der Waals surface area contributed by atoms with Crippen molar-refractivity contribution in [2.45, 2.75) is 9.37 Å². The van der Waals surface area contributed by atoms with Crippen LogP contribution >= 0.6 is 23.3 Å². The van der Waals surface area contributed by atoms with Crippen LogP contribution in [0.25, 0.3) is 0 Å². The van der Waals surface area contributed by atoms with E-state index in [9.17, 15) is 8.42 Å². The fourth-order valence-electron chi connectivity index (χ4n) is 0.428. The molecule has 0 radical (unpaired) electrons. The van der Waals surface area contributed by atoms with Crippen molar-refractivity contribution in [2.24, 2.45) is 10.3 Å². The fraction of sp³-hybridized carbons (Fsp3) is 0. The lowest BCUT2D eigenvalue weighted by molar-refractivity contribution is 0.596. The first-order chi connectivity index (χ1) is 5.04. The Hall–Kier alpha value is -0.150. The van der Waals surface area contributed by atoms with E-state index in [-0.39, 0.29) is 4.34 Å². The summed E-state index contributed by atoms with van der Waals surface area (Å²) in [6, 6.07) is 0. The van der Waals surface area contributed by atoms with Crippen molar-refractivity contribution < 1.29 is 8.42 Å². The first-order valence-corrected chi connectivity index (χ1v) is 5.69. The van der Waals surface area contributed by atoms with Crippen LogP contribution in [0.2, 0.25) is 0 Å². The predicted molar refractivity (Wildman–Crippen MR) is 43.5 cm³/mol. The highest BCUT2D eigenvalue weighted by Crippen LogP contribution is 2.18. The summed E-state index contributed by atoms with van der Waals surface area (Å²) in [5, 5.41) is 11.9. The van der Waals surface area contributed by atoms with Crippen LogP contribution < -0.4 is 10.3 Å². The summed E-state index contributed by atoms with van der Waals surface area (Å²) in [6.45, 7) is 0. The number of thiazole rings is 1. The summed E-state index contributed by atoms with van der Waals surface area (Å²) in [5.41, 5.74) is 0. The molecule has 0 saturated heterocycles. The molecule has 4 N–H and O–H groups in total. The lowest BCUT2D eigenvalue weighted by Gasteiger charge is -1.86. The average molecular weight is 211 g/mol. The molecule has 62 valence electrons. The van der Waals surface area contributed by atoms with Gasteiger partial charge in [0.25, 0.3) is 10.0 Å². The molecule has 0 spiro atoms. The molecular formula is C3H5N3O2S3. The number of nitrogens with zero attached hydrogens (tertiary/aromatic N) is 1. The maximum absolute atomic E-state index is 10.6. The molecule has 0 aliphatic rings. The molecule has 0 aromatic carbocycles. The molecule has 0 fully saturated rings. The van der Waals surface area contributed by atoms with Crippen molar-refractivity contribution in [3.05, 3.63) is 5.38 Å². The summed E-state index contributed by atoms with van der Waals surface area (Å²) in [6.07, 6.45) is 0. The molecular weight excluding hydrogens is 206 g/mol. The van der Waals surface area contributed by atoms with Crippen LogP contribution in [0.5, 0.6) is 0 Å². The molecule has 0 aliphatic heterocycles. The lowest BCUT2D eigenvalue weighted by atomic mass is 11.0. The van der Waals surface area contributed by atoms with Crippen LogP contribution in [0.4, 0.5) is 0 Å². The van der Waals surface area contributed by atoms with Gasteiger partial charge >= 0.3 is 0 Å². The monoisotopic (exact) mass is 211 g/mol. The van der Waals surface area contributed by atoms with Crippen LogP contribution in [0.3, 0.4) is 0 Å². The fourth-order valence-corrected chi connectivity index (χ4v) is 2.37. The maximum Gasteiger partial charge on any atom is 0.265 e. The van der Waals surface area contributed by atoms with Crippen LogP contribution in [-0.2, 0) is 10.0 Å². The molecule has 1 rings (SSSR count). The minimum absolute atomic E-state index is 0.106. The van der Waals surface area contributed by atoms with Crippen molar-refractivity contribution in [3.63, 3.8) is 0 Å². The van der Waals surface area contributed by atoms with Gasteiger partial charge in [-0.25, -0.2) is 18.5 Å². The van der Waals surface area contributed by atoms with Crippen LogP contribution in [0.15, 0.2) is 14.7 Å². The van der Waals surface area contributed by atoms with Crippen molar-refractivity contribution >= 4 is 33.3 Å². The number of aromatic nitrogens is 1. The Morgan fingerprint density at radius 1 is 1.64 bits per heavy atom. The van der Waals surface area contributed by atoms with E-state index in [0.717, 1.165) is 23.3 Å². The smallest absolute Gasteiger partial charge is 0.265 e. The Labute approximate surface area is 72.0 Å². The quantitative estimate of drug-likeness (QED) is 0.657. The molecule has 5 nitrogen and oxygen atoms in total. The van der Waals surface area contributed by atoms with Gasteiger partial charge in [-0.1, -0.05) is 0 Å². The maximum atomic E-state index is 10.6. The first kappa shape index (κ1) is 8.94. The summed E-state index contributed by atoms with van der Waals surface area (Å²) >= 11 is 1.84. The molecule has 0 unspecified atom stereocenters. The van der Waals surface area contributed by atoms with Crippen LogP contribution in [-0.4, -0.2) is 13.4 Å². The topological polar surface area (TPSA) is 99.1 Å². The summed E-state index contributed by atoms with van der Waals surface area (Å²) in [4.78, 5) is 3.64. The highest BCUT2D eigenvalue weighted by Gasteiger charge is 2.12. The standard InChI is InChI=1S/C3H5N3O2S3/c4-10-2-1-9-3(6-2)11(5,7)8/h1H,4H2,(H2,5,7,8). The van der Waals surface area contributed by atoms with Gasteiger partial charge in [-0.15, -0.1) is 11.3 Å². The Bertz CT molecular complexity index is 342. The molecule has 1 aromatic heterocycles. The highest BCUT2D eigenvalue weighted by atomic mass is 32.2. The highest BCUT2D eigenvalue weighted by molar-refractivity contribution is 7.97. The number of rotatable bonds is 2. The van der Waals surface area contributed by atoms with Crippen molar-refractivity contribution in [3.8, 4) is 0 Å². The summed E-state index contributed by atoms with van der Waals surface area (Å²) in [7, 11) is -3.65. The summed E-state index contributed by atoms with van der Waals surface area (Å²) in [5.74, 6) is 0. The van der Waals surface area contributed by atoms with E-state index < -0.39 is 10.0 Å². The molecule has 0 amide bonds. The average Bonchev–Trinajstić information content (AvgIpc) is 2.32. The van der Waals surface area contributed by atoms with E-state index >= 15 is 0 Å². The number of sulfonamides is 1. The van der Waals surface area contributed by atoms with E-state index in [1.165, 1.54) is 5.38 Å². The van der Waals surface area contributed by atoms with Gasteiger partial charge < -0.3 is 0 Å². The lowest BCUT2D eigenvalue weighted by Crippen LogP contribution is -2.11. The van der Waals surface area contributed by atoms with Gasteiger partial charge in [-0.3, -0.25) is 5.14 Å². The Morgan fingerprint density at radius 2 is 2.27 bits per heavy atom. The van der Waals surface area contributed by atoms with Gasteiger partial charge in [-0.2, -0.15) is 0 Å². The van der Waals surface area contributed by atoms with Crippen molar-refractivity contribution in [2.75, 3.05) is 0 Å². The van der Waals surface area contributed by atoms with E-state index in [1.54, 1.807) is 0 Å². The molecule has 11 heavy (non-hydrogen) atoms. The molecule has 1 aromatic rings. The largest absolute Gasteiger partial charge is 0.272 e. The summed E-state index contributed by atoms with van der Waals surface area (Å²) < 4.78 is 21.2. The Kier molecular flexibility index (Phi) is 2.50. The van der Waals surface area contributed by atoms with Crippen molar-refractivity contribution in [1.29, 1.82) is 0 Å². The van der Waals surface area contributed by atoms with Gasteiger partial charge in [0, 0.05) is 5.38 Å². The van der Waals surface area contributed by atoms with Gasteiger partial charge in [0.15, 0.2) is 0 Å². The molecule has 0 aliphatic carbocycles. The molecule has 1 heterocycles. The van der Waals surface area contributed by atoms with Crippen LogP contribution in [0.1, 0.15) is 0 Å². The minimum atomic E-state index is -3.65. The van der Waals surface area contributed by atoms with E-state index in [0.29, 0.717) is 5.03 Å². The second kappa shape index (κ2) is 3.07. The first-order valence-electron chi connectivity index (χ1n) is 2.39. The molecule has 0 bridgehead atoms. The van der Waals surface area contributed by atoms with Gasteiger partial charge in [0.05, 0.1) is 0 Å². The second-order valence-electron chi connectivity index (χ2n) is 1.61. The normalized spacial score (nSPS) is 11.8. The van der Waals surface area contributed by atoms with E-state index in [1.807, 2.05) is 0 Å². The van der Waals surface area contributed by atoms with Crippen molar-refractivity contribution in [1.82, 2.24) is 4.98 Å². The SMILES string of the molecule is NSc1csc(S(N)(=O)=O)n1. The predicted octanol–water partition coefficient (Wildman–Crippen LogP) is -0.244. The zero-order valence-corrected chi connectivity index (χ0v) is 7.67. The minimum Gasteiger partial charge on any atom is -0.272 e. The van der Waals surface area contributed by atoms with Gasteiger partial charge in [0.2, 0.25) is 4.34 Å². The second-order valence-corrected chi connectivity index (χ2v) is 4.86. The van der Waals surface area contributed by atoms with Gasteiger partial charge in [0.1, 0.15) is 5.03 Å². The third-order valence-electron chi connectivity index (χ3n) is 0.826. The van der Waals surface area contributed by atoms with E-state index in [2.05, 4.69) is 4.98 Å². The number of hydrogen-bond donors (Lipinski definition) is 2. The number of primary sulfonamides is 1. The third kappa shape index (κ3) is 2.14. The Morgan fingerprint density at radius 3 is 2.55 bits per heavy atom. The zero-order valence-electron chi connectivity index (χ0n) is 5.22. The van der Waals surface area contributed by atoms with Gasteiger partial charge in [-0.05, 0) is 11.9 Å². The number of nitrogens with two attached hydrogens (primary N) is 2. The van der Waals surface area contributed by atoms with E-state index in [4.69, 9.17) is 10.3 Å².